The van der Waals surface area contributed by atoms with Gasteiger partial charge in [0.2, 0.25) is 0 Å². The molecule has 17 heavy (non-hydrogen) atoms. The van der Waals surface area contributed by atoms with Gasteiger partial charge >= 0.3 is 0 Å². The highest BCUT2D eigenvalue weighted by molar-refractivity contribution is 4.87. The molecule has 0 radical (unpaired) electrons. The van der Waals surface area contributed by atoms with Crippen molar-refractivity contribution < 1.29 is 9.47 Å². The maximum atomic E-state index is 5.79. The molecule has 0 amide bonds. The van der Waals surface area contributed by atoms with Gasteiger partial charge in [-0.05, 0) is 33.7 Å². The largest absolute Gasteiger partial charge is 0.375 e. The lowest BCUT2D eigenvalue weighted by Gasteiger charge is -2.44. The van der Waals surface area contributed by atoms with Crippen LogP contribution >= 0.6 is 0 Å². The number of ether oxygens (including phenoxy) is 2. The van der Waals surface area contributed by atoms with Crippen LogP contribution in [0.1, 0.15) is 26.7 Å². The topological polar surface area (TPSA) is 33.7 Å². The number of nitrogens with zero attached hydrogens (tertiary/aromatic N) is 1. The van der Waals surface area contributed by atoms with Crippen molar-refractivity contribution in [2.75, 3.05) is 39.9 Å². The lowest BCUT2D eigenvalue weighted by molar-refractivity contribution is -0.107. The average Bonchev–Trinajstić information content (AvgIpc) is 2.28. The van der Waals surface area contributed by atoms with Crippen molar-refractivity contribution in [2.24, 2.45) is 0 Å². The Morgan fingerprint density at radius 1 is 1.35 bits per heavy atom. The summed E-state index contributed by atoms with van der Waals surface area (Å²) in [6.45, 7) is 9.23. The number of nitrogens with one attached hydrogen (secondary N) is 1. The van der Waals surface area contributed by atoms with Gasteiger partial charge in [0, 0.05) is 32.3 Å². The second-order valence-electron chi connectivity index (χ2n) is 5.80. The van der Waals surface area contributed by atoms with Crippen LogP contribution in [0.5, 0.6) is 0 Å². The minimum Gasteiger partial charge on any atom is -0.375 e. The van der Waals surface area contributed by atoms with Crippen molar-refractivity contribution in [3.63, 3.8) is 0 Å². The summed E-state index contributed by atoms with van der Waals surface area (Å²) in [7, 11) is 1.99. The third-order valence-corrected chi connectivity index (χ3v) is 3.79. The molecule has 0 aromatic rings. The van der Waals surface area contributed by atoms with E-state index in [1.807, 2.05) is 7.05 Å². The molecule has 2 fully saturated rings. The Balaban J connectivity index is 1.88. The summed E-state index contributed by atoms with van der Waals surface area (Å²) in [5.41, 5.74) is 0.0414. The van der Waals surface area contributed by atoms with Crippen molar-refractivity contribution >= 4 is 0 Å². The number of rotatable bonds is 3. The summed E-state index contributed by atoms with van der Waals surface area (Å²) in [6.07, 6.45) is 2.65. The summed E-state index contributed by atoms with van der Waals surface area (Å²) < 4.78 is 11.5. The lowest BCUT2D eigenvalue weighted by Crippen LogP contribution is -2.53. The summed E-state index contributed by atoms with van der Waals surface area (Å²) >= 11 is 0. The van der Waals surface area contributed by atoms with Gasteiger partial charge in [0.05, 0.1) is 18.3 Å². The van der Waals surface area contributed by atoms with Crippen LogP contribution in [0.15, 0.2) is 0 Å². The van der Waals surface area contributed by atoms with Crippen LogP contribution in [0.4, 0.5) is 0 Å². The van der Waals surface area contributed by atoms with Crippen LogP contribution in [0.2, 0.25) is 0 Å². The van der Waals surface area contributed by atoms with E-state index in [1.54, 1.807) is 0 Å². The van der Waals surface area contributed by atoms with Crippen molar-refractivity contribution in [3.05, 3.63) is 0 Å². The molecule has 4 heteroatoms. The Morgan fingerprint density at radius 3 is 2.88 bits per heavy atom. The van der Waals surface area contributed by atoms with E-state index in [2.05, 4.69) is 24.1 Å². The van der Waals surface area contributed by atoms with Crippen LogP contribution in [0.25, 0.3) is 0 Å². The Morgan fingerprint density at radius 2 is 2.18 bits per heavy atom. The van der Waals surface area contributed by atoms with Crippen LogP contribution in [-0.2, 0) is 9.47 Å². The van der Waals surface area contributed by atoms with Gasteiger partial charge in [0.15, 0.2) is 0 Å². The first kappa shape index (κ1) is 13.3. The highest BCUT2D eigenvalue weighted by Crippen LogP contribution is 2.28. The molecule has 2 rings (SSSR count). The number of likely N-dealkylation sites (N-methyl/N-ethyl adjacent to an activating group) is 1. The average molecular weight is 242 g/mol. The zero-order chi connectivity index (χ0) is 12.3. The monoisotopic (exact) mass is 242 g/mol. The first-order valence-corrected chi connectivity index (χ1v) is 6.75. The molecular weight excluding hydrogens is 216 g/mol. The molecular formula is C13H26N2O2. The molecule has 2 aliphatic rings. The van der Waals surface area contributed by atoms with Gasteiger partial charge in [-0.1, -0.05) is 0 Å². The van der Waals surface area contributed by atoms with Gasteiger partial charge in [-0.3, -0.25) is 4.90 Å². The third kappa shape index (κ3) is 3.65. The fraction of sp³-hybridized carbons (Fsp3) is 1.00. The summed E-state index contributed by atoms with van der Waals surface area (Å²) in [5, 5.41) is 3.20. The second-order valence-corrected chi connectivity index (χ2v) is 5.80. The Kier molecular flexibility index (Phi) is 4.42. The number of hydrogen-bond donors (Lipinski definition) is 1. The molecule has 0 aromatic carbocycles. The SMILES string of the molecule is CNCC1CN(C2CCOC(C)(C)C2)CCO1. The third-order valence-electron chi connectivity index (χ3n) is 3.79. The van der Waals surface area contributed by atoms with Crippen LogP contribution < -0.4 is 5.32 Å². The first-order chi connectivity index (χ1) is 8.11. The molecule has 2 aliphatic heterocycles. The standard InChI is InChI=1S/C13H26N2O2/c1-13(2)8-11(4-6-17-13)15-5-7-16-12(10-15)9-14-3/h11-12,14H,4-10H2,1-3H3. The Labute approximate surface area is 105 Å². The molecule has 0 aliphatic carbocycles. The van der Waals surface area contributed by atoms with E-state index in [-0.39, 0.29) is 5.60 Å². The van der Waals surface area contributed by atoms with E-state index in [1.165, 1.54) is 0 Å². The fourth-order valence-electron chi connectivity index (χ4n) is 2.94. The van der Waals surface area contributed by atoms with E-state index >= 15 is 0 Å². The molecule has 0 aromatic heterocycles. The summed E-state index contributed by atoms with van der Waals surface area (Å²) in [4.78, 5) is 2.59. The Bertz CT molecular complexity index is 244. The molecule has 0 spiro atoms. The van der Waals surface area contributed by atoms with Crippen LogP contribution in [-0.4, -0.2) is 62.5 Å². The van der Waals surface area contributed by atoms with Crippen molar-refractivity contribution in [1.29, 1.82) is 0 Å². The summed E-state index contributed by atoms with van der Waals surface area (Å²) in [5.74, 6) is 0. The van der Waals surface area contributed by atoms with Gasteiger partial charge in [-0.2, -0.15) is 0 Å². The molecule has 100 valence electrons. The second kappa shape index (κ2) is 5.65. The van der Waals surface area contributed by atoms with E-state index in [4.69, 9.17) is 9.47 Å². The van der Waals surface area contributed by atoms with Gasteiger partial charge in [0.1, 0.15) is 0 Å². The van der Waals surface area contributed by atoms with Gasteiger partial charge in [0.25, 0.3) is 0 Å². The fourth-order valence-corrected chi connectivity index (χ4v) is 2.94. The molecule has 0 bridgehead atoms. The van der Waals surface area contributed by atoms with Gasteiger partial charge < -0.3 is 14.8 Å². The summed E-state index contributed by atoms with van der Waals surface area (Å²) in [6, 6.07) is 0.669. The smallest absolute Gasteiger partial charge is 0.0826 e. The van der Waals surface area contributed by atoms with Gasteiger partial charge in [-0.15, -0.1) is 0 Å². The van der Waals surface area contributed by atoms with E-state index in [9.17, 15) is 0 Å². The van der Waals surface area contributed by atoms with Gasteiger partial charge in [-0.25, -0.2) is 0 Å². The molecule has 0 saturated carbocycles. The molecule has 2 saturated heterocycles. The van der Waals surface area contributed by atoms with E-state index in [0.717, 1.165) is 45.7 Å². The minimum atomic E-state index is 0.0414. The quantitative estimate of drug-likeness (QED) is 0.796. The number of hydrogen-bond acceptors (Lipinski definition) is 4. The molecule has 2 atom stereocenters. The Hall–Kier alpha value is -0.160. The highest BCUT2D eigenvalue weighted by atomic mass is 16.5. The van der Waals surface area contributed by atoms with Crippen molar-refractivity contribution in [1.82, 2.24) is 10.2 Å². The van der Waals surface area contributed by atoms with Crippen molar-refractivity contribution in [2.45, 2.75) is 44.4 Å². The zero-order valence-corrected chi connectivity index (χ0v) is 11.4. The van der Waals surface area contributed by atoms with E-state index < -0.39 is 0 Å². The maximum Gasteiger partial charge on any atom is 0.0826 e. The van der Waals surface area contributed by atoms with Crippen LogP contribution in [0, 0.1) is 0 Å². The highest BCUT2D eigenvalue weighted by Gasteiger charge is 2.34. The predicted molar refractivity (Wildman–Crippen MR) is 68.3 cm³/mol. The molecule has 4 nitrogen and oxygen atoms in total. The predicted octanol–water partition coefficient (Wildman–Crippen LogP) is 0.864. The number of morpholine rings is 1. The lowest BCUT2D eigenvalue weighted by atomic mass is 9.92. The minimum absolute atomic E-state index is 0.0414. The van der Waals surface area contributed by atoms with E-state index in [0.29, 0.717) is 12.1 Å². The van der Waals surface area contributed by atoms with Crippen molar-refractivity contribution in [3.8, 4) is 0 Å². The molecule has 2 heterocycles. The molecule has 2 unspecified atom stereocenters. The molecule has 1 N–H and O–H groups in total. The normalized spacial score (nSPS) is 34.8. The van der Waals surface area contributed by atoms with Crippen LogP contribution in [0.3, 0.4) is 0 Å². The maximum absolute atomic E-state index is 5.79. The first-order valence-electron chi connectivity index (χ1n) is 6.75. The zero-order valence-electron chi connectivity index (χ0n) is 11.4.